The topological polar surface area (TPSA) is 63.6 Å². The molecule has 0 aromatic heterocycles. The molecule has 140 valence electrons. The van der Waals surface area contributed by atoms with Gasteiger partial charge in [0.15, 0.2) is 0 Å². The first-order valence-electron chi connectivity index (χ1n) is 6.13. The predicted octanol–water partition coefficient (Wildman–Crippen LogP) is 3.72. The molecule has 0 rings (SSSR count). The van der Waals surface area contributed by atoms with E-state index >= 15 is 0 Å². The highest BCUT2D eigenvalue weighted by atomic mass is 19.4. The van der Waals surface area contributed by atoms with Crippen LogP contribution in [0.25, 0.3) is 0 Å². The summed E-state index contributed by atoms with van der Waals surface area (Å²) in [6.45, 7) is 1.94. The fraction of sp³-hybridized carbons (Fsp3) is 0.667. The minimum absolute atomic E-state index is 0.109. The summed E-state index contributed by atoms with van der Waals surface area (Å²) >= 11 is 0. The number of rotatable bonds is 8. The average molecular weight is 372 g/mol. The number of alkyl halides is 8. The Morgan fingerprint density at radius 2 is 1.42 bits per heavy atom. The number of aliphatic carboxylic acids is 1. The maximum absolute atomic E-state index is 13.3. The number of halogens is 8. The molecule has 12 heteroatoms. The van der Waals surface area contributed by atoms with Gasteiger partial charge in [0, 0.05) is 18.6 Å². The van der Waals surface area contributed by atoms with Crippen LogP contribution in [-0.2, 0) is 14.3 Å². The molecule has 24 heavy (non-hydrogen) atoms. The maximum Gasteiger partial charge on any atom is 0.473 e. The fourth-order valence-corrected chi connectivity index (χ4v) is 1.42. The van der Waals surface area contributed by atoms with Gasteiger partial charge in [-0.15, -0.1) is 0 Å². The van der Waals surface area contributed by atoms with Crippen molar-refractivity contribution in [1.29, 1.82) is 0 Å². The summed E-state index contributed by atoms with van der Waals surface area (Å²) in [4.78, 5) is 20.8. The summed E-state index contributed by atoms with van der Waals surface area (Å²) in [7, 11) is 0. The van der Waals surface area contributed by atoms with Crippen molar-refractivity contribution in [2.75, 3.05) is 0 Å². The molecule has 0 saturated heterocycles. The van der Waals surface area contributed by atoms with Crippen molar-refractivity contribution in [2.24, 2.45) is 5.92 Å². The third-order valence-corrected chi connectivity index (χ3v) is 2.47. The molecule has 0 spiro atoms. The van der Waals surface area contributed by atoms with Crippen LogP contribution in [0.5, 0.6) is 0 Å². The number of ether oxygens (including phenoxy) is 1. The van der Waals surface area contributed by atoms with E-state index in [4.69, 9.17) is 5.11 Å². The largest absolute Gasteiger partial charge is 0.478 e. The van der Waals surface area contributed by atoms with Gasteiger partial charge in [0.1, 0.15) is 0 Å². The molecule has 0 radical (unpaired) electrons. The van der Waals surface area contributed by atoms with Gasteiger partial charge >= 0.3 is 35.8 Å². The second-order valence-corrected chi connectivity index (χ2v) is 5.06. The van der Waals surface area contributed by atoms with Crippen LogP contribution in [0.15, 0.2) is 12.2 Å². The number of hydrogen-bond donors (Lipinski definition) is 1. The maximum atomic E-state index is 13.3. The summed E-state index contributed by atoms with van der Waals surface area (Å²) in [5.74, 6) is -24.4. The molecule has 1 N–H and O–H groups in total. The molecule has 0 aromatic carbocycles. The van der Waals surface area contributed by atoms with Crippen molar-refractivity contribution in [3.63, 3.8) is 0 Å². The lowest BCUT2D eigenvalue weighted by molar-refractivity contribution is -0.417. The number of carbonyl (C=O) groups excluding carboxylic acids is 1. The Morgan fingerprint density at radius 1 is 0.958 bits per heavy atom. The van der Waals surface area contributed by atoms with Gasteiger partial charge in [0.05, 0.1) is 0 Å². The van der Waals surface area contributed by atoms with Gasteiger partial charge in [-0.2, -0.15) is 35.1 Å². The molecule has 0 heterocycles. The first-order valence-corrected chi connectivity index (χ1v) is 6.13. The van der Waals surface area contributed by atoms with Crippen LogP contribution in [0.4, 0.5) is 35.1 Å². The summed E-state index contributed by atoms with van der Waals surface area (Å²) < 4.78 is 109. The van der Waals surface area contributed by atoms with Crippen molar-refractivity contribution in [3.05, 3.63) is 12.2 Å². The van der Waals surface area contributed by atoms with Crippen LogP contribution >= 0.6 is 0 Å². The molecular weight excluding hydrogens is 360 g/mol. The van der Waals surface area contributed by atoms with Crippen LogP contribution in [-0.4, -0.2) is 40.9 Å². The van der Waals surface area contributed by atoms with Gasteiger partial charge in [-0.25, -0.2) is 9.59 Å². The first kappa shape index (κ1) is 22.1. The van der Waals surface area contributed by atoms with Gasteiger partial charge in [-0.3, -0.25) is 0 Å². The molecule has 4 nitrogen and oxygen atoms in total. The minimum Gasteiger partial charge on any atom is -0.478 e. The first-order chi connectivity index (χ1) is 10.5. The van der Waals surface area contributed by atoms with Crippen LogP contribution in [0.2, 0.25) is 0 Å². The van der Waals surface area contributed by atoms with Crippen LogP contribution < -0.4 is 0 Å². The smallest absolute Gasteiger partial charge is 0.473 e. The molecule has 0 aliphatic heterocycles. The summed E-state index contributed by atoms with van der Waals surface area (Å²) in [6, 6.07) is 0. The zero-order valence-electron chi connectivity index (χ0n) is 12.1. The summed E-state index contributed by atoms with van der Waals surface area (Å²) in [5, 5.41) is 8.09. The second kappa shape index (κ2) is 6.93. The van der Waals surface area contributed by atoms with E-state index in [-0.39, 0.29) is 12.2 Å². The lowest BCUT2D eigenvalue weighted by Gasteiger charge is -2.36. The van der Waals surface area contributed by atoms with Crippen molar-refractivity contribution in [3.8, 4) is 0 Å². The summed E-state index contributed by atoms with van der Waals surface area (Å²) in [6.07, 6.45) is -8.55. The lowest BCUT2D eigenvalue weighted by Crippen LogP contribution is -2.63. The van der Waals surface area contributed by atoms with E-state index in [2.05, 4.69) is 4.74 Å². The number of carboxylic acid groups (broad SMARTS) is 1. The Morgan fingerprint density at radius 3 is 1.79 bits per heavy atom. The van der Waals surface area contributed by atoms with Crippen LogP contribution in [0, 0.1) is 5.92 Å². The normalized spacial score (nSPS) is 14.3. The van der Waals surface area contributed by atoms with Gasteiger partial charge in [0.25, 0.3) is 0 Å². The molecule has 0 aromatic rings. The molecule has 0 aliphatic rings. The van der Waals surface area contributed by atoms with E-state index in [9.17, 15) is 44.7 Å². The summed E-state index contributed by atoms with van der Waals surface area (Å²) in [5.41, 5.74) is 0. The number of carboxylic acids is 1. The number of esters is 1. The van der Waals surface area contributed by atoms with Crippen molar-refractivity contribution in [1.82, 2.24) is 0 Å². The molecule has 0 aliphatic carbocycles. The number of carbonyl (C=O) groups is 2. The molecule has 0 bridgehead atoms. The van der Waals surface area contributed by atoms with Crippen molar-refractivity contribution < 1.29 is 54.6 Å². The standard InChI is InChI=1S/C12H12F8O4/c1-6(2)5-9(13,14)10(15,16)11(17,18)12(19,20)24-8(23)4-3-7(21)22/h3-4,6H,5H2,1-2H3,(H,21,22). The Labute approximate surface area is 130 Å². The van der Waals surface area contributed by atoms with E-state index in [0.717, 1.165) is 13.8 Å². The molecule has 0 atom stereocenters. The van der Waals surface area contributed by atoms with Gasteiger partial charge < -0.3 is 9.84 Å². The van der Waals surface area contributed by atoms with Crippen molar-refractivity contribution in [2.45, 2.75) is 44.1 Å². The molecule has 0 saturated carbocycles. The average Bonchev–Trinajstić information content (AvgIpc) is 2.33. The third kappa shape index (κ3) is 4.57. The molecule has 0 fully saturated rings. The lowest BCUT2D eigenvalue weighted by atomic mass is 9.95. The minimum atomic E-state index is -6.76. The second-order valence-electron chi connectivity index (χ2n) is 5.06. The third-order valence-electron chi connectivity index (χ3n) is 2.47. The highest BCUT2D eigenvalue weighted by Gasteiger charge is 2.82. The number of hydrogen-bond acceptors (Lipinski definition) is 3. The quantitative estimate of drug-likeness (QED) is 0.401. The Hall–Kier alpha value is -1.88. The van der Waals surface area contributed by atoms with Crippen molar-refractivity contribution >= 4 is 11.9 Å². The van der Waals surface area contributed by atoms with E-state index in [1.54, 1.807) is 0 Å². The molecule has 0 unspecified atom stereocenters. The molecule has 0 amide bonds. The van der Waals surface area contributed by atoms with Crippen LogP contribution in [0.1, 0.15) is 20.3 Å². The predicted molar refractivity (Wildman–Crippen MR) is 62.1 cm³/mol. The van der Waals surface area contributed by atoms with Crippen LogP contribution in [0.3, 0.4) is 0 Å². The molecular formula is C12H12F8O4. The Kier molecular flexibility index (Phi) is 6.39. The van der Waals surface area contributed by atoms with E-state index < -0.39 is 48.2 Å². The van der Waals surface area contributed by atoms with Gasteiger partial charge in [-0.1, -0.05) is 13.8 Å². The highest BCUT2D eigenvalue weighted by Crippen LogP contribution is 2.54. The fourth-order valence-electron chi connectivity index (χ4n) is 1.42. The van der Waals surface area contributed by atoms with E-state index in [1.807, 2.05) is 0 Å². The zero-order chi connectivity index (χ0) is 19.6. The zero-order valence-corrected chi connectivity index (χ0v) is 12.1. The SMILES string of the molecule is CC(C)CC(F)(F)C(F)(F)C(F)(F)C(F)(F)OC(=O)C=CC(=O)O. The van der Waals surface area contributed by atoms with E-state index in [1.165, 1.54) is 0 Å². The highest BCUT2D eigenvalue weighted by molar-refractivity contribution is 5.90. The Balaban J connectivity index is 5.59. The van der Waals surface area contributed by atoms with Gasteiger partial charge in [0.2, 0.25) is 0 Å². The monoisotopic (exact) mass is 372 g/mol. The van der Waals surface area contributed by atoms with Gasteiger partial charge in [-0.05, 0) is 5.92 Å². The van der Waals surface area contributed by atoms with E-state index in [0.29, 0.717) is 0 Å². The Bertz CT molecular complexity index is 513.